The second-order valence-corrected chi connectivity index (χ2v) is 7.70. The van der Waals surface area contributed by atoms with Crippen molar-refractivity contribution >= 4 is 39.4 Å². The lowest BCUT2D eigenvalue weighted by Gasteiger charge is -2.18. The van der Waals surface area contributed by atoms with Crippen LogP contribution in [0.1, 0.15) is 33.9 Å². The Bertz CT molecular complexity index is 1020. The molecule has 2 aromatic carbocycles. The molecule has 0 bridgehead atoms. The number of esters is 1. The third-order valence-corrected chi connectivity index (χ3v) is 5.20. The molecule has 1 unspecified atom stereocenters. The first-order valence-electron chi connectivity index (χ1n) is 8.85. The second-order valence-electron chi connectivity index (χ2n) is 6.38. The standard InChI is InChI=1S/C21H19BrClN3O3/c1-29-20(27)10-19(14-6-4-7-17(22)9-14)25-21(28)16-11-24-26(13-16)12-15-5-2-3-8-18(15)23/h2-9,11,13,19H,10,12H2,1H3,(H,25,28). The zero-order valence-electron chi connectivity index (χ0n) is 15.6. The summed E-state index contributed by atoms with van der Waals surface area (Å²) in [5.74, 6) is -0.742. The van der Waals surface area contributed by atoms with Crippen LogP contribution in [-0.2, 0) is 16.1 Å². The van der Waals surface area contributed by atoms with Crippen LogP contribution in [0.4, 0.5) is 0 Å². The van der Waals surface area contributed by atoms with Gasteiger partial charge in [0.1, 0.15) is 0 Å². The molecule has 0 aliphatic carbocycles. The van der Waals surface area contributed by atoms with Crippen molar-refractivity contribution < 1.29 is 14.3 Å². The molecule has 8 heteroatoms. The zero-order chi connectivity index (χ0) is 20.8. The number of carbonyl (C=O) groups excluding carboxylic acids is 2. The highest BCUT2D eigenvalue weighted by Gasteiger charge is 2.21. The molecule has 0 saturated heterocycles. The predicted octanol–water partition coefficient (Wildman–Crippen LogP) is 4.38. The van der Waals surface area contributed by atoms with Crippen molar-refractivity contribution in [3.05, 3.63) is 87.1 Å². The fraction of sp³-hybridized carbons (Fsp3) is 0.190. The summed E-state index contributed by atoms with van der Waals surface area (Å²) in [5, 5.41) is 7.77. The Morgan fingerprint density at radius 3 is 2.76 bits per heavy atom. The highest BCUT2D eigenvalue weighted by atomic mass is 79.9. The monoisotopic (exact) mass is 475 g/mol. The van der Waals surface area contributed by atoms with Crippen LogP contribution in [0.5, 0.6) is 0 Å². The number of nitrogens with one attached hydrogen (secondary N) is 1. The van der Waals surface area contributed by atoms with Gasteiger partial charge in [0.15, 0.2) is 0 Å². The van der Waals surface area contributed by atoms with Crippen molar-refractivity contribution in [2.45, 2.75) is 19.0 Å². The maximum absolute atomic E-state index is 12.8. The van der Waals surface area contributed by atoms with E-state index in [0.717, 1.165) is 15.6 Å². The number of nitrogens with zero attached hydrogens (tertiary/aromatic N) is 2. The van der Waals surface area contributed by atoms with E-state index < -0.39 is 12.0 Å². The molecular weight excluding hydrogens is 458 g/mol. The number of hydrogen-bond donors (Lipinski definition) is 1. The molecule has 3 rings (SSSR count). The van der Waals surface area contributed by atoms with Gasteiger partial charge >= 0.3 is 5.97 Å². The van der Waals surface area contributed by atoms with Crippen LogP contribution in [0.2, 0.25) is 5.02 Å². The van der Waals surface area contributed by atoms with Crippen molar-refractivity contribution in [3.8, 4) is 0 Å². The Kier molecular flexibility index (Phi) is 7.06. The zero-order valence-corrected chi connectivity index (χ0v) is 18.0. The van der Waals surface area contributed by atoms with E-state index >= 15 is 0 Å². The molecule has 0 radical (unpaired) electrons. The van der Waals surface area contributed by atoms with E-state index in [1.807, 2.05) is 48.5 Å². The van der Waals surface area contributed by atoms with Gasteiger partial charge in [-0.25, -0.2) is 0 Å². The van der Waals surface area contributed by atoms with E-state index in [-0.39, 0.29) is 12.3 Å². The van der Waals surface area contributed by atoms with Gasteiger partial charge in [0, 0.05) is 15.7 Å². The molecule has 1 heterocycles. The molecule has 0 saturated carbocycles. The van der Waals surface area contributed by atoms with Gasteiger partial charge in [0.05, 0.1) is 37.9 Å². The number of methoxy groups -OCH3 is 1. The summed E-state index contributed by atoms with van der Waals surface area (Å²) in [6, 6.07) is 14.4. The van der Waals surface area contributed by atoms with Crippen molar-refractivity contribution in [2.24, 2.45) is 0 Å². The molecule has 3 aromatic rings. The van der Waals surface area contributed by atoms with Gasteiger partial charge in [0.2, 0.25) is 0 Å². The van der Waals surface area contributed by atoms with Gasteiger partial charge in [-0.3, -0.25) is 14.3 Å². The van der Waals surface area contributed by atoms with E-state index in [1.54, 1.807) is 10.9 Å². The Balaban J connectivity index is 1.75. The maximum Gasteiger partial charge on any atom is 0.307 e. The maximum atomic E-state index is 12.8. The molecular formula is C21H19BrClN3O3. The van der Waals surface area contributed by atoms with E-state index in [0.29, 0.717) is 17.1 Å². The van der Waals surface area contributed by atoms with Crippen LogP contribution in [0.3, 0.4) is 0 Å². The van der Waals surface area contributed by atoms with Gasteiger partial charge in [-0.1, -0.05) is 57.9 Å². The molecule has 6 nitrogen and oxygen atoms in total. The second kappa shape index (κ2) is 9.71. The van der Waals surface area contributed by atoms with Crippen molar-refractivity contribution in [1.82, 2.24) is 15.1 Å². The van der Waals surface area contributed by atoms with Crippen LogP contribution in [0, 0.1) is 0 Å². The molecule has 1 atom stereocenters. The van der Waals surface area contributed by atoms with Crippen molar-refractivity contribution in [2.75, 3.05) is 7.11 Å². The quantitative estimate of drug-likeness (QED) is 0.514. The highest BCUT2D eigenvalue weighted by Crippen LogP contribution is 2.22. The topological polar surface area (TPSA) is 73.2 Å². The molecule has 0 fully saturated rings. The number of ether oxygens (including phenoxy) is 1. The molecule has 0 spiro atoms. The lowest BCUT2D eigenvalue weighted by atomic mass is 10.0. The lowest BCUT2D eigenvalue weighted by Crippen LogP contribution is -2.30. The van der Waals surface area contributed by atoms with Crippen molar-refractivity contribution in [3.63, 3.8) is 0 Å². The first kappa shape index (κ1) is 21.1. The van der Waals surface area contributed by atoms with E-state index in [2.05, 4.69) is 26.3 Å². The smallest absolute Gasteiger partial charge is 0.307 e. The highest BCUT2D eigenvalue weighted by molar-refractivity contribution is 9.10. The van der Waals surface area contributed by atoms with Crippen LogP contribution < -0.4 is 5.32 Å². The summed E-state index contributed by atoms with van der Waals surface area (Å²) in [6.45, 7) is 0.449. The summed E-state index contributed by atoms with van der Waals surface area (Å²) in [6.07, 6.45) is 3.16. The number of hydrogen-bond acceptors (Lipinski definition) is 4. The summed E-state index contributed by atoms with van der Waals surface area (Å²) < 4.78 is 7.27. The first-order valence-corrected chi connectivity index (χ1v) is 10.0. The van der Waals surface area contributed by atoms with Crippen molar-refractivity contribution in [1.29, 1.82) is 0 Å². The Morgan fingerprint density at radius 1 is 1.24 bits per heavy atom. The molecule has 29 heavy (non-hydrogen) atoms. The Hall–Kier alpha value is -2.64. The predicted molar refractivity (Wildman–Crippen MR) is 114 cm³/mol. The normalized spacial score (nSPS) is 11.7. The molecule has 0 aliphatic rings. The van der Waals surface area contributed by atoms with Gasteiger partial charge in [-0.2, -0.15) is 5.10 Å². The number of halogens is 2. The van der Waals surface area contributed by atoms with Gasteiger partial charge in [-0.05, 0) is 29.3 Å². The fourth-order valence-corrected chi connectivity index (χ4v) is 3.45. The average Bonchev–Trinajstić information content (AvgIpc) is 3.18. The lowest BCUT2D eigenvalue weighted by molar-refractivity contribution is -0.141. The molecule has 1 N–H and O–H groups in total. The van der Waals surface area contributed by atoms with E-state index in [1.165, 1.54) is 13.3 Å². The van der Waals surface area contributed by atoms with Crippen LogP contribution >= 0.6 is 27.5 Å². The number of rotatable bonds is 7. The fourth-order valence-electron chi connectivity index (χ4n) is 2.84. The average molecular weight is 477 g/mol. The van der Waals surface area contributed by atoms with Crippen LogP contribution in [0.25, 0.3) is 0 Å². The van der Waals surface area contributed by atoms with Gasteiger partial charge < -0.3 is 10.1 Å². The summed E-state index contributed by atoms with van der Waals surface area (Å²) in [7, 11) is 1.32. The third-order valence-electron chi connectivity index (χ3n) is 4.34. The van der Waals surface area contributed by atoms with Crippen LogP contribution in [-0.4, -0.2) is 28.8 Å². The molecule has 150 valence electrons. The minimum absolute atomic E-state index is 0.0203. The van der Waals surface area contributed by atoms with E-state index in [4.69, 9.17) is 16.3 Å². The molecule has 1 aromatic heterocycles. The molecule has 0 aliphatic heterocycles. The van der Waals surface area contributed by atoms with Crippen LogP contribution in [0.15, 0.2) is 65.4 Å². The Labute approximate surface area is 181 Å². The number of benzene rings is 2. The first-order chi connectivity index (χ1) is 14.0. The molecule has 1 amide bonds. The SMILES string of the molecule is COC(=O)CC(NC(=O)c1cnn(Cc2ccccc2Cl)c1)c1cccc(Br)c1. The number of amides is 1. The summed E-state index contributed by atoms with van der Waals surface area (Å²) >= 11 is 9.60. The largest absolute Gasteiger partial charge is 0.469 e. The van der Waals surface area contributed by atoms with Gasteiger partial charge in [-0.15, -0.1) is 0 Å². The van der Waals surface area contributed by atoms with E-state index in [9.17, 15) is 9.59 Å². The van der Waals surface area contributed by atoms with Gasteiger partial charge in [0.25, 0.3) is 5.91 Å². The minimum Gasteiger partial charge on any atom is -0.469 e. The number of aromatic nitrogens is 2. The minimum atomic E-state index is -0.528. The summed E-state index contributed by atoms with van der Waals surface area (Å²) in [5.41, 5.74) is 2.09. The Morgan fingerprint density at radius 2 is 2.03 bits per heavy atom. The third kappa shape index (κ3) is 5.68. The summed E-state index contributed by atoms with van der Waals surface area (Å²) in [4.78, 5) is 24.6. The number of carbonyl (C=O) groups is 2.